The van der Waals surface area contributed by atoms with E-state index in [-0.39, 0.29) is 6.10 Å². The third-order valence-electron chi connectivity index (χ3n) is 4.98. The molecule has 0 bridgehead atoms. The van der Waals surface area contributed by atoms with Gasteiger partial charge in [-0.15, -0.1) is 11.3 Å². The summed E-state index contributed by atoms with van der Waals surface area (Å²) in [6.45, 7) is 2.60. The maximum absolute atomic E-state index is 5.76. The second-order valence-corrected chi connectivity index (χ2v) is 7.92. The Morgan fingerprint density at radius 3 is 2.93 bits per heavy atom. The van der Waals surface area contributed by atoms with Gasteiger partial charge in [-0.2, -0.15) is 5.10 Å². The first-order valence-corrected chi connectivity index (χ1v) is 10.9. The van der Waals surface area contributed by atoms with E-state index in [1.165, 1.54) is 0 Å². The molecular formula is C22H22N4O3S. The van der Waals surface area contributed by atoms with Gasteiger partial charge in [-0.25, -0.2) is 4.68 Å². The van der Waals surface area contributed by atoms with Gasteiger partial charge in [0.1, 0.15) is 13.2 Å². The van der Waals surface area contributed by atoms with Crippen LogP contribution in [0.25, 0.3) is 11.3 Å². The first-order chi connectivity index (χ1) is 14.9. The molecular weight excluding hydrogens is 400 g/mol. The zero-order valence-corrected chi connectivity index (χ0v) is 17.3. The zero-order valence-electron chi connectivity index (χ0n) is 16.4. The van der Waals surface area contributed by atoms with Crippen molar-refractivity contribution in [3.05, 3.63) is 58.5 Å². The average Bonchev–Trinajstić information content (AvgIpc) is 3.46. The monoisotopic (exact) mass is 422 g/mol. The molecule has 0 N–H and O–H groups in total. The van der Waals surface area contributed by atoms with Crippen molar-refractivity contribution in [2.45, 2.75) is 18.9 Å². The summed E-state index contributed by atoms with van der Waals surface area (Å²) in [7, 11) is 0. The molecule has 0 amide bonds. The highest BCUT2D eigenvalue weighted by Gasteiger charge is 2.17. The standard InChI is InChI=1S/C22H22N4O3S/c1-3-16(12-23-7-1)13-25-26-19(15-30-22(26)24-14-18-4-2-8-27-18)17-5-6-20-21(11-17)29-10-9-28-20/h1,3,5-7,11-13,15,18H,2,4,8-10,14H2. The molecule has 1 atom stereocenters. The maximum Gasteiger partial charge on any atom is 0.206 e. The fourth-order valence-corrected chi connectivity index (χ4v) is 4.31. The zero-order chi connectivity index (χ0) is 20.2. The predicted octanol–water partition coefficient (Wildman–Crippen LogP) is 3.34. The minimum Gasteiger partial charge on any atom is -0.486 e. The smallest absolute Gasteiger partial charge is 0.206 e. The predicted molar refractivity (Wildman–Crippen MR) is 115 cm³/mol. The van der Waals surface area contributed by atoms with Crippen molar-refractivity contribution in [1.82, 2.24) is 9.66 Å². The van der Waals surface area contributed by atoms with E-state index in [4.69, 9.17) is 24.3 Å². The van der Waals surface area contributed by atoms with Gasteiger partial charge >= 0.3 is 0 Å². The topological polar surface area (TPSA) is 70.2 Å². The fraction of sp³-hybridized carbons (Fsp3) is 0.318. The number of benzene rings is 1. The molecule has 5 rings (SSSR count). The average molecular weight is 423 g/mol. The highest BCUT2D eigenvalue weighted by molar-refractivity contribution is 7.07. The van der Waals surface area contributed by atoms with Gasteiger partial charge in [0, 0.05) is 35.5 Å². The Morgan fingerprint density at radius 1 is 1.17 bits per heavy atom. The second kappa shape index (κ2) is 8.81. The molecule has 2 aliphatic heterocycles. The van der Waals surface area contributed by atoms with Crippen LogP contribution in [0.5, 0.6) is 11.5 Å². The fourth-order valence-electron chi connectivity index (χ4n) is 3.47. The van der Waals surface area contributed by atoms with Gasteiger partial charge in [0.25, 0.3) is 0 Å². The van der Waals surface area contributed by atoms with Crippen molar-refractivity contribution < 1.29 is 14.2 Å². The Labute approximate surface area is 178 Å². The summed E-state index contributed by atoms with van der Waals surface area (Å²) in [5, 5.41) is 6.80. The molecule has 2 aliphatic rings. The van der Waals surface area contributed by atoms with Crippen LogP contribution in [-0.2, 0) is 4.74 Å². The van der Waals surface area contributed by atoms with Crippen LogP contribution in [0, 0.1) is 0 Å². The molecule has 4 heterocycles. The molecule has 1 aromatic carbocycles. The van der Waals surface area contributed by atoms with E-state index in [0.717, 1.165) is 52.6 Å². The van der Waals surface area contributed by atoms with Gasteiger partial charge in [0.05, 0.1) is 24.6 Å². The third kappa shape index (κ3) is 4.15. The molecule has 1 unspecified atom stereocenters. The van der Waals surface area contributed by atoms with Crippen molar-refractivity contribution >= 4 is 17.6 Å². The number of fused-ring (bicyclic) bond motifs is 1. The van der Waals surface area contributed by atoms with E-state index in [1.807, 2.05) is 35.0 Å². The first-order valence-electron chi connectivity index (χ1n) is 10.0. The molecule has 3 aromatic rings. The van der Waals surface area contributed by atoms with E-state index in [0.29, 0.717) is 19.8 Å². The van der Waals surface area contributed by atoms with Crippen molar-refractivity contribution in [3.8, 4) is 22.8 Å². The Balaban J connectivity index is 1.53. The van der Waals surface area contributed by atoms with Crippen LogP contribution >= 0.6 is 11.3 Å². The normalized spacial score (nSPS) is 18.9. The number of rotatable bonds is 5. The van der Waals surface area contributed by atoms with Gasteiger partial charge in [-0.1, -0.05) is 6.07 Å². The summed E-state index contributed by atoms with van der Waals surface area (Å²) in [5.41, 5.74) is 2.87. The summed E-state index contributed by atoms with van der Waals surface area (Å²) < 4.78 is 19.0. The second-order valence-electron chi connectivity index (χ2n) is 7.08. The van der Waals surface area contributed by atoms with Crippen molar-refractivity contribution in [3.63, 3.8) is 0 Å². The van der Waals surface area contributed by atoms with Gasteiger partial charge < -0.3 is 14.2 Å². The minimum atomic E-state index is 0.195. The molecule has 30 heavy (non-hydrogen) atoms. The third-order valence-corrected chi connectivity index (χ3v) is 5.84. The van der Waals surface area contributed by atoms with Crippen LogP contribution in [0.15, 0.2) is 58.2 Å². The van der Waals surface area contributed by atoms with Crippen LogP contribution in [0.3, 0.4) is 0 Å². The minimum absolute atomic E-state index is 0.195. The summed E-state index contributed by atoms with van der Waals surface area (Å²) in [4.78, 5) is 9.79. The molecule has 8 heteroatoms. The van der Waals surface area contributed by atoms with E-state index in [9.17, 15) is 0 Å². The largest absolute Gasteiger partial charge is 0.486 e. The van der Waals surface area contributed by atoms with E-state index < -0.39 is 0 Å². The molecule has 0 saturated carbocycles. The van der Waals surface area contributed by atoms with Crippen molar-refractivity contribution in [2.75, 3.05) is 26.4 Å². The summed E-state index contributed by atoms with van der Waals surface area (Å²) in [6.07, 6.45) is 7.68. The lowest BCUT2D eigenvalue weighted by atomic mass is 10.1. The number of thiazole rings is 1. The maximum atomic E-state index is 5.76. The molecule has 0 spiro atoms. The lowest BCUT2D eigenvalue weighted by Crippen LogP contribution is -2.17. The Hall–Kier alpha value is -2.97. The highest BCUT2D eigenvalue weighted by Crippen LogP contribution is 2.34. The van der Waals surface area contributed by atoms with Crippen LogP contribution in [-0.4, -0.2) is 48.3 Å². The first kappa shape index (κ1) is 19.0. The molecule has 7 nitrogen and oxygen atoms in total. The van der Waals surface area contributed by atoms with Crippen LogP contribution in [0.1, 0.15) is 18.4 Å². The number of hydrogen-bond donors (Lipinski definition) is 0. The summed E-state index contributed by atoms with van der Waals surface area (Å²) in [5.74, 6) is 1.53. The number of hydrogen-bond acceptors (Lipinski definition) is 7. The summed E-state index contributed by atoms with van der Waals surface area (Å²) >= 11 is 1.57. The lowest BCUT2D eigenvalue weighted by molar-refractivity contribution is 0.117. The van der Waals surface area contributed by atoms with Crippen LogP contribution in [0.2, 0.25) is 0 Å². The lowest BCUT2D eigenvalue weighted by Gasteiger charge is -2.18. The number of nitrogens with zero attached hydrogens (tertiary/aromatic N) is 4. The number of ether oxygens (including phenoxy) is 3. The highest BCUT2D eigenvalue weighted by atomic mass is 32.1. The van der Waals surface area contributed by atoms with Gasteiger partial charge in [0.15, 0.2) is 11.5 Å². The van der Waals surface area contributed by atoms with Crippen molar-refractivity contribution in [2.24, 2.45) is 10.1 Å². The molecule has 2 aromatic heterocycles. The SMILES string of the molecule is C(=Nn1c(-c2ccc3c(c2)OCCO3)csc1=NCC1CCCO1)c1cccnc1. The Kier molecular flexibility index (Phi) is 5.58. The van der Waals surface area contributed by atoms with Gasteiger partial charge in [0.2, 0.25) is 4.80 Å². The summed E-state index contributed by atoms with van der Waals surface area (Å²) in [6, 6.07) is 9.83. The molecule has 0 aliphatic carbocycles. The van der Waals surface area contributed by atoms with Gasteiger partial charge in [-0.05, 0) is 37.1 Å². The van der Waals surface area contributed by atoms with Crippen molar-refractivity contribution in [1.29, 1.82) is 0 Å². The van der Waals surface area contributed by atoms with E-state index in [1.54, 1.807) is 29.9 Å². The molecule has 1 saturated heterocycles. The number of aromatic nitrogens is 2. The van der Waals surface area contributed by atoms with E-state index in [2.05, 4.69) is 10.4 Å². The molecule has 1 fully saturated rings. The van der Waals surface area contributed by atoms with E-state index >= 15 is 0 Å². The molecule has 154 valence electrons. The van der Waals surface area contributed by atoms with Crippen LogP contribution in [0.4, 0.5) is 0 Å². The van der Waals surface area contributed by atoms with Crippen LogP contribution < -0.4 is 14.3 Å². The Morgan fingerprint density at radius 2 is 2.10 bits per heavy atom. The van der Waals surface area contributed by atoms with Gasteiger partial charge in [-0.3, -0.25) is 9.98 Å². The number of pyridine rings is 1. The molecule has 0 radical (unpaired) electrons. The Bertz CT molecular complexity index is 1100. The quantitative estimate of drug-likeness (QED) is 0.592.